The third-order valence-corrected chi connectivity index (χ3v) is 4.34. The van der Waals surface area contributed by atoms with Gasteiger partial charge in [0.2, 0.25) is 0 Å². The highest BCUT2D eigenvalue weighted by atomic mass is 79.9. The van der Waals surface area contributed by atoms with Crippen LogP contribution in [0.5, 0.6) is 0 Å². The van der Waals surface area contributed by atoms with Crippen LogP contribution in [0.25, 0.3) is 0 Å². The van der Waals surface area contributed by atoms with Gasteiger partial charge >= 0.3 is 0 Å². The van der Waals surface area contributed by atoms with Crippen LogP contribution in [0, 0.1) is 6.92 Å². The zero-order chi connectivity index (χ0) is 12.3. The fraction of sp³-hybridized carbons (Fsp3) is 0.571. The molecule has 0 saturated heterocycles. The van der Waals surface area contributed by atoms with Crippen molar-refractivity contribution in [2.24, 2.45) is 0 Å². The van der Waals surface area contributed by atoms with Gasteiger partial charge in [0.25, 0.3) is 0 Å². The standard InChI is InChI=1S/C14H21BrN2/c1-10-4-3-5-12(14(10)15)9-16-11(2)8-17-13-6-7-13/h3-5,11,13,16-17H,6-9H2,1-2H3. The van der Waals surface area contributed by atoms with Gasteiger partial charge in [-0.1, -0.05) is 34.1 Å². The minimum Gasteiger partial charge on any atom is -0.312 e. The minimum atomic E-state index is 0.517. The van der Waals surface area contributed by atoms with Crippen LogP contribution in [0.2, 0.25) is 0 Å². The Balaban J connectivity index is 1.77. The van der Waals surface area contributed by atoms with Gasteiger partial charge in [0, 0.05) is 29.6 Å². The fourth-order valence-electron chi connectivity index (χ4n) is 1.83. The van der Waals surface area contributed by atoms with Gasteiger partial charge in [0.05, 0.1) is 0 Å². The van der Waals surface area contributed by atoms with Crippen molar-refractivity contribution in [1.82, 2.24) is 10.6 Å². The summed E-state index contributed by atoms with van der Waals surface area (Å²) in [5, 5.41) is 7.10. The topological polar surface area (TPSA) is 24.1 Å². The van der Waals surface area contributed by atoms with E-state index in [2.05, 4.69) is 58.6 Å². The zero-order valence-electron chi connectivity index (χ0n) is 10.6. The average Bonchev–Trinajstić information content (AvgIpc) is 3.12. The maximum absolute atomic E-state index is 3.65. The van der Waals surface area contributed by atoms with Gasteiger partial charge in [-0.05, 0) is 37.8 Å². The summed E-state index contributed by atoms with van der Waals surface area (Å²) in [5.41, 5.74) is 2.64. The lowest BCUT2D eigenvalue weighted by atomic mass is 10.1. The van der Waals surface area contributed by atoms with E-state index in [-0.39, 0.29) is 0 Å². The first-order valence-electron chi connectivity index (χ1n) is 6.37. The zero-order valence-corrected chi connectivity index (χ0v) is 12.2. The Morgan fingerprint density at radius 3 is 2.88 bits per heavy atom. The highest BCUT2D eigenvalue weighted by Crippen LogP contribution is 2.21. The van der Waals surface area contributed by atoms with E-state index < -0.39 is 0 Å². The summed E-state index contributed by atoms with van der Waals surface area (Å²) < 4.78 is 1.23. The predicted molar refractivity (Wildman–Crippen MR) is 76.2 cm³/mol. The molecule has 17 heavy (non-hydrogen) atoms. The van der Waals surface area contributed by atoms with E-state index in [1.54, 1.807) is 0 Å². The molecule has 94 valence electrons. The number of hydrogen-bond acceptors (Lipinski definition) is 2. The Bertz CT molecular complexity index is 374. The summed E-state index contributed by atoms with van der Waals surface area (Å²) in [5.74, 6) is 0. The van der Waals surface area contributed by atoms with Crippen molar-refractivity contribution in [3.05, 3.63) is 33.8 Å². The molecule has 1 atom stereocenters. The number of hydrogen-bond donors (Lipinski definition) is 2. The molecule has 1 fully saturated rings. The second-order valence-electron chi connectivity index (χ2n) is 5.01. The van der Waals surface area contributed by atoms with Crippen LogP contribution < -0.4 is 10.6 Å². The molecule has 1 aliphatic carbocycles. The van der Waals surface area contributed by atoms with E-state index in [4.69, 9.17) is 0 Å². The molecule has 0 amide bonds. The largest absolute Gasteiger partial charge is 0.312 e. The van der Waals surface area contributed by atoms with Gasteiger partial charge < -0.3 is 10.6 Å². The van der Waals surface area contributed by atoms with Gasteiger partial charge in [-0.25, -0.2) is 0 Å². The predicted octanol–water partition coefficient (Wildman–Crippen LogP) is 2.99. The Morgan fingerprint density at radius 1 is 1.41 bits per heavy atom. The van der Waals surface area contributed by atoms with Crippen LogP contribution >= 0.6 is 15.9 Å². The molecule has 1 aromatic carbocycles. The number of aryl methyl sites for hydroxylation is 1. The summed E-state index contributed by atoms with van der Waals surface area (Å²) >= 11 is 3.65. The second kappa shape index (κ2) is 5.98. The van der Waals surface area contributed by atoms with Crippen LogP contribution in [0.3, 0.4) is 0 Å². The highest BCUT2D eigenvalue weighted by molar-refractivity contribution is 9.10. The molecule has 0 aliphatic heterocycles. The summed E-state index contributed by atoms with van der Waals surface area (Å²) in [6.45, 7) is 6.36. The third kappa shape index (κ3) is 4.09. The Kier molecular flexibility index (Phi) is 4.60. The first-order chi connectivity index (χ1) is 8.16. The molecule has 2 N–H and O–H groups in total. The second-order valence-corrected chi connectivity index (χ2v) is 5.81. The molecule has 1 aliphatic rings. The molecule has 1 aromatic rings. The summed E-state index contributed by atoms with van der Waals surface area (Å²) in [6.07, 6.45) is 2.71. The summed E-state index contributed by atoms with van der Waals surface area (Å²) in [6, 6.07) is 7.73. The third-order valence-electron chi connectivity index (χ3n) is 3.20. The molecule has 0 spiro atoms. The molecule has 0 bridgehead atoms. The van der Waals surface area contributed by atoms with Gasteiger partial charge in [0.1, 0.15) is 0 Å². The van der Waals surface area contributed by atoms with Crippen molar-refractivity contribution >= 4 is 15.9 Å². The molecule has 0 aromatic heterocycles. The molecule has 0 heterocycles. The van der Waals surface area contributed by atoms with E-state index in [0.29, 0.717) is 6.04 Å². The van der Waals surface area contributed by atoms with Gasteiger partial charge in [-0.3, -0.25) is 0 Å². The van der Waals surface area contributed by atoms with Crippen LogP contribution in [0.1, 0.15) is 30.9 Å². The molecule has 2 nitrogen and oxygen atoms in total. The molecular weight excluding hydrogens is 276 g/mol. The highest BCUT2D eigenvalue weighted by Gasteiger charge is 2.20. The first kappa shape index (κ1) is 13.1. The van der Waals surface area contributed by atoms with Crippen LogP contribution in [0.15, 0.2) is 22.7 Å². The molecule has 1 saturated carbocycles. The minimum absolute atomic E-state index is 0.517. The van der Waals surface area contributed by atoms with Gasteiger partial charge in [0.15, 0.2) is 0 Å². The van der Waals surface area contributed by atoms with Crippen molar-refractivity contribution in [3.63, 3.8) is 0 Å². The van der Waals surface area contributed by atoms with Gasteiger partial charge in [-0.2, -0.15) is 0 Å². The van der Waals surface area contributed by atoms with Gasteiger partial charge in [-0.15, -0.1) is 0 Å². The average molecular weight is 297 g/mol. The van der Waals surface area contributed by atoms with Crippen molar-refractivity contribution in [2.45, 2.75) is 45.3 Å². The van der Waals surface area contributed by atoms with Crippen LogP contribution in [-0.2, 0) is 6.54 Å². The van der Waals surface area contributed by atoms with E-state index in [0.717, 1.165) is 19.1 Å². The molecule has 0 radical (unpaired) electrons. The van der Waals surface area contributed by atoms with Crippen LogP contribution in [0.4, 0.5) is 0 Å². The maximum atomic E-state index is 3.65. The fourth-order valence-corrected chi connectivity index (χ4v) is 2.24. The van der Waals surface area contributed by atoms with Crippen LogP contribution in [-0.4, -0.2) is 18.6 Å². The molecule has 1 unspecified atom stereocenters. The SMILES string of the molecule is Cc1cccc(CNC(C)CNC2CC2)c1Br. The van der Waals surface area contributed by atoms with Crippen molar-refractivity contribution in [2.75, 3.05) is 6.54 Å². The number of rotatable bonds is 6. The monoisotopic (exact) mass is 296 g/mol. The number of benzene rings is 1. The van der Waals surface area contributed by atoms with Crippen molar-refractivity contribution in [1.29, 1.82) is 0 Å². The smallest absolute Gasteiger partial charge is 0.0249 e. The molecular formula is C14H21BrN2. The van der Waals surface area contributed by atoms with E-state index >= 15 is 0 Å². The summed E-state index contributed by atoms with van der Waals surface area (Å²) in [4.78, 5) is 0. The Morgan fingerprint density at radius 2 is 2.18 bits per heavy atom. The quantitative estimate of drug-likeness (QED) is 0.843. The number of halogens is 1. The first-order valence-corrected chi connectivity index (χ1v) is 7.17. The van der Waals surface area contributed by atoms with E-state index in [9.17, 15) is 0 Å². The van der Waals surface area contributed by atoms with Crippen molar-refractivity contribution < 1.29 is 0 Å². The van der Waals surface area contributed by atoms with E-state index in [1.165, 1.54) is 28.4 Å². The normalized spacial score (nSPS) is 17.1. The lowest BCUT2D eigenvalue weighted by Gasteiger charge is -2.15. The Hall–Kier alpha value is -0.380. The Labute approximate surface area is 112 Å². The van der Waals surface area contributed by atoms with Crippen molar-refractivity contribution in [3.8, 4) is 0 Å². The lowest BCUT2D eigenvalue weighted by Crippen LogP contribution is -2.36. The number of nitrogens with one attached hydrogen (secondary N) is 2. The summed E-state index contributed by atoms with van der Waals surface area (Å²) in [7, 11) is 0. The molecule has 2 rings (SSSR count). The van der Waals surface area contributed by atoms with E-state index in [1.807, 2.05) is 0 Å². The lowest BCUT2D eigenvalue weighted by molar-refractivity contribution is 0.499. The maximum Gasteiger partial charge on any atom is 0.0249 e. The molecule has 3 heteroatoms.